The van der Waals surface area contributed by atoms with E-state index in [0.29, 0.717) is 4.70 Å². The third kappa shape index (κ3) is 1.13. The van der Waals surface area contributed by atoms with Gasteiger partial charge in [-0.05, 0) is 11.4 Å². The number of rotatable bonds is 1. The molecular formula is C8H6N2O2S. The maximum Gasteiger partial charge on any atom is 0.254 e. The standard InChI is InChI=1S/C8H6N2O2S/c9-8(12)4-3-10-5-1-2-13-7(5)6(4)11/h1-3H,(H2,9,12)(H,10,11). The molecule has 3 N–H and O–H groups in total. The lowest BCUT2D eigenvalue weighted by Gasteiger charge is -1.93. The topological polar surface area (TPSA) is 76.0 Å². The molecule has 0 spiro atoms. The number of hydrogen-bond acceptors (Lipinski definition) is 3. The van der Waals surface area contributed by atoms with Gasteiger partial charge in [0.05, 0.1) is 10.2 Å². The Hall–Kier alpha value is -1.62. The van der Waals surface area contributed by atoms with Gasteiger partial charge in [-0.2, -0.15) is 0 Å². The first-order valence-corrected chi connectivity index (χ1v) is 4.47. The van der Waals surface area contributed by atoms with E-state index in [2.05, 4.69) is 4.98 Å². The summed E-state index contributed by atoms with van der Waals surface area (Å²) in [5.41, 5.74) is 5.47. The Morgan fingerprint density at radius 2 is 2.31 bits per heavy atom. The Balaban J connectivity index is 2.89. The third-order valence-corrected chi connectivity index (χ3v) is 2.67. The maximum atomic E-state index is 11.5. The number of hydrogen-bond donors (Lipinski definition) is 2. The molecule has 0 unspecified atom stereocenters. The summed E-state index contributed by atoms with van der Waals surface area (Å²) in [6.45, 7) is 0. The van der Waals surface area contributed by atoms with E-state index in [-0.39, 0.29) is 11.0 Å². The average molecular weight is 194 g/mol. The fraction of sp³-hybridized carbons (Fsp3) is 0. The SMILES string of the molecule is NC(=O)c1c[nH]c2ccsc2c1=O. The van der Waals surface area contributed by atoms with Crippen LogP contribution in [0, 0.1) is 0 Å². The number of nitrogens with two attached hydrogens (primary N) is 1. The third-order valence-electron chi connectivity index (χ3n) is 1.75. The first kappa shape index (κ1) is 8.00. The quantitative estimate of drug-likeness (QED) is 0.700. The number of primary amides is 1. The van der Waals surface area contributed by atoms with Gasteiger partial charge in [0, 0.05) is 6.20 Å². The van der Waals surface area contributed by atoms with Crippen molar-refractivity contribution in [3.8, 4) is 0 Å². The molecule has 1 amide bonds. The molecule has 66 valence electrons. The number of fused-ring (bicyclic) bond motifs is 1. The number of amides is 1. The minimum Gasteiger partial charge on any atom is -0.365 e. The number of thiophene rings is 1. The molecule has 0 aliphatic heterocycles. The van der Waals surface area contributed by atoms with E-state index < -0.39 is 5.91 Å². The molecule has 4 nitrogen and oxygen atoms in total. The summed E-state index contributed by atoms with van der Waals surface area (Å²) in [7, 11) is 0. The van der Waals surface area contributed by atoms with Crippen LogP contribution in [0.15, 0.2) is 22.4 Å². The fourth-order valence-corrected chi connectivity index (χ4v) is 1.93. The minimum atomic E-state index is -0.698. The zero-order valence-electron chi connectivity index (χ0n) is 6.53. The van der Waals surface area contributed by atoms with Crippen LogP contribution in [-0.4, -0.2) is 10.9 Å². The van der Waals surface area contributed by atoms with Crippen LogP contribution in [0.3, 0.4) is 0 Å². The first-order valence-electron chi connectivity index (χ1n) is 3.59. The predicted molar refractivity (Wildman–Crippen MR) is 51.0 cm³/mol. The van der Waals surface area contributed by atoms with Crippen molar-refractivity contribution in [3.63, 3.8) is 0 Å². The molecule has 0 bridgehead atoms. The number of pyridine rings is 1. The van der Waals surface area contributed by atoms with Crippen molar-refractivity contribution in [2.24, 2.45) is 5.73 Å². The minimum absolute atomic E-state index is 0.00921. The molecule has 0 aliphatic carbocycles. The normalized spacial score (nSPS) is 10.5. The van der Waals surface area contributed by atoms with E-state index in [1.54, 1.807) is 11.4 Å². The zero-order valence-corrected chi connectivity index (χ0v) is 7.35. The van der Waals surface area contributed by atoms with Crippen LogP contribution in [-0.2, 0) is 0 Å². The molecule has 2 rings (SSSR count). The molecule has 2 aromatic heterocycles. The maximum absolute atomic E-state index is 11.5. The summed E-state index contributed by atoms with van der Waals surface area (Å²) >= 11 is 1.29. The molecule has 13 heavy (non-hydrogen) atoms. The van der Waals surface area contributed by atoms with Gasteiger partial charge in [0.15, 0.2) is 0 Å². The van der Waals surface area contributed by atoms with E-state index in [9.17, 15) is 9.59 Å². The van der Waals surface area contributed by atoms with Gasteiger partial charge in [0.2, 0.25) is 5.43 Å². The van der Waals surface area contributed by atoms with Crippen LogP contribution >= 0.6 is 11.3 Å². The van der Waals surface area contributed by atoms with Crippen molar-refractivity contribution >= 4 is 27.5 Å². The summed E-state index contributed by atoms with van der Waals surface area (Å²) in [5, 5.41) is 1.79. The highest BCUT2D eigenvalue weighted by Crippen LogP contribution is 2.14. The van der Waals surface area contributed by atoms with E-state index in [1.807, 2.05) is 0 Å². The van der Waals surface area contributed by atoms with Gasteiger partial charge >= 0.3 is 0 Å². The number of carbonyl (C=O) groups excluding carboxylic acids is 1. The summed E-state index contributed by atoms with van der Waals surface area (Å²) in [4.78, 5) is 25.1. The Labute approximate surface area is 77.0 Å². The van der Waals surface area contributed by atoms with Crippen molar-refractivity contribution in [2.45, 2.75) is 0 Å². The van der Waals surface area contributed by atoms with Crippen LogP contribution in [0.2, 0.25) is 0 Å². The second-order valence-electron chi connectivity index (χ2n) is 2.56. The van der Waals surface area contributed by atoms with Crippen molar-refractivity contribution in [2.75, 3.05) is 0 Å². The van der Waals surface area contributed by atoms with Crippen molar-refractivity contribution in [1.29, 1.82) is 0 Å². The van der Waals surface area contributed by atoms with Gasteiger partial charge in [-0.3, -0.25) is 9.59 Å². The summed E-state index contributed by atoms with van der Waals surface area (Å²) in [5.74, 6) is -0.698. The van der Waals surface area contributed by atoms with E-state index in [0.717, 1.165) is 5.52 Å². The molecule has 0 radical (unpaired) electrons. The molecule has 0 atom stereocenters. The molecule has 2 heterocycles. The molecule has 0 aliphatic rings. The fourth-order valence-electron chi connectivity index (χ4n) is 1.12. The van der Waals surface area contributed by atoms with Gasteiger partial charge in [0.1, 0.15) is 5.56 Å². The van der Waals surface area contributed by atoms with Gasteiger partial charge in [-0.15, -0.1) is 11.3 Å². The van der Waals surface area contributed by atoms with Crippen molar-refractivity contribution in [1.82, 2.24) is 4.98 Å². The molecule has 5 heteroatoms. The predicted octanol–water partition coefficient (Wildman–Crippen LogP) is 0.689. The van der Waals surface area contributed by atoms with Crippen LogP contribution in [0.25, 0.3) is 10.2 Å². The smallest absolute Gasteiger partial charge is 0.254 e. The zero-order chi connectivity index (χ0) is 9.42. The van der Waals surface area contributed by atoms with Crippen LogP contribution in [0.1, 0.15) is 10.4 Å². The Morgan fingerprint density at radius 3 is 3.00 bits per heavy atom. The molecule has 0 saturated carbocycles. The van der Waals surface area contributed by atoms with Gasteiger partial charge in [0.25, 0.3) is 5.91 Å². The lowest BCUT2D eigenvalue weighted by molar-refractivity contribution is 0.0999. The lowest BCUT2D eigenvalue weighted by atomic mass is 10.2. The van der Waals surface area contributed by atoms with E-state index in [1.165, 1.54) is 17.5 Å². The number of aromatic nitrogens is 1. The van der Waals surface area contributed by atoms with E-state index >= 15 is 0 Å². The van der Waals surface area contributed by atoms with Crippen molar-refractivity contribution < 1.29 is 4.79 Å². The Morgan fingerprint density at radius 1 is 1.54 bits per heavy atom. The number of aromatic amines is 1. The Bertz CT molecular complexity index is 526. The summed E-state index contributed by atoms with van der Waals surface area (Å²) in [6.07, 6.45) is 1.35. The number of nitrogens with one attached hydrogen (secondary N) is 1. The Kier molecular flexibility index (Phi) is 1.66. The van der Waals surface area contributed by atoms with Gasteiger partial charge < -0.3 is 10.7 Å². The largest absolute Gasteiger partial charge is 0.365 e. The number of carbonyl (C=O) groups is 1. The highest BCUT2D eigenvalue weighted by atomic mass is 32.1. The molecule has 0 fully saturated rings. The monoisotopic (exact) mass is 194 g/mol. The number of H-pyrrole nitrogens is 1. The highest BCUT2D eigenvalue weighted by Gasteiger charge is 2.09. The average Bonchev–Trinajstić information content (AvgIpc) is 2.52. The summed E-state index contributed by atoms with van der Waals surface area (Å²) in [6, 6.07) is 1.78. The lowest BCUT2D eigenvalue weighted by Crippen LogP contribution is -2.21. The second kappa shape index (κ2) is 2.70. The first-order chi connectivity index (χ1) is 6.20. The van der Waals surface area contributed by atoms with E-state index in [4.69, 9.17) is 5.73 Å². The van der Waals surface area contributed by atoms with Crippen LogP contribution in [0.4, 0.5) is 0 Å². The van der Waals surface area contributed by atoms with Gasteiger partial charge in [-0.1, -0.05) is 0 Å². The van der Waals surface area contributed by atoms with Crippen molar-refractivity contribution in [3.05, 3.63) is 33.4 Å². The van der Waals surface area contributed by atoms with Crippen LogP contribution < -0.4 is 11.2 Å². The molecule has 0 aromatic carbocycles. The second-order valence-corrected chi connectivity index (χ2v) is 3.48. The molecule has 0 saturated heterocycles. The summed E-state index contributed by atoms with van der Waals surface area (Å²) < 4.78 is 0.538. The molecular weight excluding hydrogens is 188 g/mol. The highest BCUT2D eigenvalue weighted by molar-refractivity contribution is 7.17. The van der Waals surface area contributed by atoms with Crippen LogP contribution in [0.5, 0.6) is 0 Å². The van der Waals surface area contributed by atoms with Gasteiger partial charge in [-0.25, -0.2) is 0 Å². The molecule has 2 aromatic rings.